The first-order chi connectivity index (χ1) is 7.91. The largest absolute Gasteiger partial charge is 0.369 e. The van der Waals surface area contributed by atoms with Crippen LogP contribution in [0, 0.1) is 5.41 Å². The molecule has 3 heteroatoms. The SMILES string of the molecule is CC(C)(C)C(N)=O.c1ccc2ncccc2c1. The molecule has 1 heterocycles. The van der Waals surface area contributed by atoms with Crippen molar-refractivity contribution in [2.24, 2.45) is 11.1 Å². The third-order valence-electron chi connectivity index (χ3n) is 2.25. The van der Waals surface area contributed by atoms with Crippen molar-refractivity contribution in [2.45, 2.75) is 20.8 Å². The zero-order valence-electron chi connectivity index (χ0n) is 10.5. The molecule has 0 aliphatic rings. The maximum atomic E-state index is 10.2. The summed E-state index contributed by atoms with van der Waals surface area (Å²) in [4.78, 5) is 14.4. The summed E-state index contributed by atoms with van der Waals surface area (Å²) in [6.45, 7) is 5.36. The fraction of sp³-hybridized carbons (Fsp3) is 0.286. The summed E-state index contributed by atoms with van der Waals surface area (Å²) in [6, 6.07) is 12.1. The Morgan fingerprint density at radius 2 is 1.65 bits per heavy atom. The number of primary amides is 1. The first kappa shape index (κ1) is 13.2. The zero-order valence-corrected chi connectivity index (χ0v) is 10.5. The summed E-state index contributed by atoms with van der Waals surface area (Å²) in [5, 5.41) is 1.20. The summed E-state index contributed by atoms with van der Waals surface area (Å²) in [5.74, 6) is -0.257. The quantitative estimate of drug-likeness (QED) is 0.756. The van der Waals surface area contributed by atoms with E-state index in [1.807, 2.05) is 30.5 Å². The number of hydrogen-bond donors (Lipinski definition) is 1. The molecule has 0 unspecified atom stereocenters. The van der Waals surface area contributed by atoms with Crippen LogP contribution < -0.4 is 5.73 Å². The lowest BCUT2D eigenvalue weighted by molar-refractivity contribution is -0.125. The van der Waals surface area contributed by atoms with Crippen LogP contribution in [0.4, 0.5) is 0 Å². The molecule has 1 aromatic heterocycles. The van der Waals surface area contributed by atoms with Crippen LogP contribution in [0.1, 0.15) is 20.8 Å². The second kappa shape index (κ2) is 5.43. The molecule has 0 aliphatic heterocycles. The highest BCUT2D eigenvalue weighted by atomic mass is 16.1. The van der Waals surface area contributed by atoms with Gasteiger partial charge in [0.1, 0.15) is 0 Å². The van der Waals surface area contributed by atoms with Crippen molar-refractivity contribution in [2.75, 3.05) is 0 Å². The average molecular weight is 230 g/mol. The van der Waals surface area contributed by atoms with Gasteiger partial charge in [-0.1, -0.05) is 45.0 Å². The molecule has 0 spiro atoms. The molecule has 1 amide bonds. The second-order valence-corrected chi connectivity index (χ2v) is 4.81. The van der Waals surface area contributed by atoms with E-state index in [4.69, 9.17) is 5.73 Å². The minimum atomic E-state index is -0.361. The monoisotopic (exact) mass is 230 g/mol. The van der Waals surface area contributed by atoms with Crippen molar-refractivity contribution in [3.05, 3.63) is 42.6 Å². The van der Waals surface area contributed by atoms with E-state index in [-0.39, 0.29) is 11.3 Å². The van der Waals surface area contributed by atoms with Gasteiger partial charge in [-0.25, -0.2) is 0 Å². The standard InChI is InChI=1S/C9H7N.C5H11NO/c1-2-6-9-8(4-1)5-3-7-10-9;1-5(2,3)4(6)7/h1-7H;1-3H3,(H2,6,7). The highest BCUT2D eigenvalue weighted by Crippen LogP contribution is 2.09. The molecule has 0 saturated carbocycles. The first-order valence-electron chi connectivity index (χ1n) is 5.51. The average Bonchev–Trinajstić information content (AvgIpc) is 2.29. The molecule has 17 heavy (non-hydrogen) atoms. The molecule has 2 aromatic rings. The van der Waals surface area contributed by atoms with Gasteiger partial charge >= 0.3 is 0 Å². The van der Waals surface area contributed by atoms with E-state index in [9.17, 15) is 4.79 Å². The Bertz CT molecular complexity index is 435. The van der Waals surface area contributed by atoms with Crippen LogP contribution in [0.25, 0.3) is 10.9 Å². The molecule has 0 atom stereocenters. The maximum Gasteiger partial charge on any atom is 0.222 e. The fourth-order valence-corrected chi connectivity index (χ4v) is 1.02. The van der Waals surface area contributed by atoms with Gasteiger partial charge in [-0.3, -0.25) is 9.78 Å². The number of aromatic nitrogens is 1. The molecule has 2 N–H and O–H groups in total. The fourth-order valence-electron chi connectivity index (χ4n) is 1.02. The number of carbonyl (C=O) groups is 1. The van der Waals surface area contributed by atoms with Gasteiger partial charge < -0.3 is 5.73 Å². The van der Waals surface area contributed by atoms with Crippen LogP contribution in [-0.2, 0) is 4.79 Å². The molecule has 3 nitrogen and oxygen atoms in total. The highest BCUT2D eigenvalue weighted by molar-refractivity contribution is 5.79. The Kier molecular flexibility index (Phi) is 4.21. The number of nitrogens with zero attached hydrogens (tertiary/aromatic N) is 1. The molecule has 0 saturated heterocycles. The lowest BCUT2D eigenvalue weighted by atomic mass is 9.96. The number of rotatable bonds is 0. The lowest BCUT2D eigenvalue weighted by Gasteiger charge is -2.10. The van der Waals surface area contributed by atoms with E-state index in [0.717, 1.165) is 5.52 Å². The first-order valence-corrected chi connectivity index (χ1v) is 5.51. The molecular weight excluding hydrogens is 212 g/mol. The number of carbonyl (C=O) groups excluding carboxylic acids is 1. The minimum Gasteiger partial charge on any atom is -0.369 e. The Morgan fingerprint density at radius 3 is 2.18 bits per heavy atom. The number of pyridine rings is 1. The normalized spacial score (nSPS) is 10.5. The van der Waals surface area contributed by atoms with Crippen molar-refractivity contribution in [1.29, 1.82) is 0 Å². The number of benzene rings is 1. The van der Waals surface area contributed by atoms with Crippen molar-refractivity contribution in [1.82, 2.24) is 4.98 Å². The van der Waals surface area contributed by atoms with E-state index in [1.54, 1.807) is 20.8 Å². The van der Waals surface area contributed by atoms with E-state index in [2.05, 4.69) is 17.1 Å². The van der Waals surface area contributed by atoms with Crippen LogP contribution >= 0.6 is 0 Å². The van der Waals surface area contributed by atoms with Gasteiger partial charge in [0.25, 0.3) is 0 Å². The van der Waals surface area contributed by atoms with Crippen molar-refractivity contribution in [3.8, 4) is 0 Å². The van der Waals surface area contributed by atoms with Crippen LogP contribution in [0.2, 0.25) is 0 Å². The predicted octanol–water partition coefficient (Wildman–Crippen LogP) is 2.75. The second-order valence-electron chi connectivity index (χ2n) is 4.81. The summed E-state index contributed by atoms with van der Waals surface area (Å²) in [5.41, 5.74) is 5.63. The predicted molar refractivity (Wildman–Crippen MR) is 70.4 cm³/mol. The third kappa shape index (κ3) is 4.23. The number of nitrogens with two attached hydrogens (primary N) is 1. The van der Waals surface area contributed by atoms with Crippen LogP contribution in [0.15, 0.2) is 42.6 Å². The van der Waals surface area contributed by atoms with Gasteiger partial charge in [0.05, 0.1) is 5.52 Å². The van der Waals surface area contributed by atoms with E-state index in [1.165, 1.54) is 5.39 Å². The van der Waals surface area contributed by atoms with Gasteiger partial charge in [-0.05, 0) is 12.1 Å². The van der Waals surface area contributed by atoms with Gasteiger partial charge in [-0.2, -0.15) is 0 Å². The molecule has 0 radical (unpaired) electrons. The number of hydrogen-bond acceptors (Lipinski definition) is 2. The molecule has 0 bridgehead atoms. The molecule has 1 aromatic carbocycles. The topological polar surface area (TPSA) is 56.0 Å². The Morgan fingerprint density at radius 1 is 1.12 bits per heavy atom. The van der Waals surface area contributed by atoms with Gasteiger partial charge in [0, 0.05) is 17.0 Å². The van der Waals surface area contributed by atoms with Gasteiger partial charge in [-0.15, -0.1) is 0 Å². The summed E-state index contributed by atoms with van der Waals surface area (Å²) < 4.78 is 0. The Labute approximate surface area is 102 Å². The molecule has 90 valence electrons. The zero-order chi connectivity index (χ0) is 12.9. The highest BCUT2D eigenvalue weighted by Gasteiger charge is 2.16. The van der Waals surface area contributed by atoms with Gasteiger partial charge in [0.2, 0.25) is 5.91 Å². The number of amides is 1. The minimum absolute atomic E-state index is 0.257. The van der Waals surface area contributed by atoms with Crippen molar-refractivity contribution < 1.29 is 4.79 Å². The van der Waals surface area contributed by atoms with E-state index >= 15 is 0 Å². The maximum absolute atomic E-state index is 10.2. The van der Waals surface area contributed by atoms with Crippen LogP contribution in [-0.4, -0.2) is 10.9 Å². The van der Waals surface area contributed by atoms with E-state index < -0.39 is 0 Å². The van der Waals surface area contributed by atoms with Crippen LogP contribution in [0.5, 0.6) is 0 Å². The lowest BCUT2D eigenvalue weighted by Crippen LogP contribution is -2.27. The summed E-state index contributed by atoms with van der Waals surface area (Å²) in [6.07, 6.45) is 1.81. The Balaban J connectivity index is 0.000000185. The molecule has 2 rings (SSSR count). The van der Waals surface area contributed by atoms with E-state index in [0.29, 0.717) is 0 Å². The number of para-hydroxylation sites is 1. The molecular formula is C14H18N2O. The molecule has 0 aliphatic carbocycles. The van der Waals surface area contributed by atoms with Crippen molar-refractivity contribution >= 4 is 16.8 Å². The Hall–Kier alpha value is -1.90. The van der Waals surface area contributed by atoms with Crippen molar-refractivity contribution in [3.63, 3.8) is 0 Å². The molecule has 0 fully saturated rings. The van der Waals surface area contributed by atoms with Crippen LogP contribution in [0.3, 0.4) is 0 Å². The third-order valence-corrected chi connectivity index (χ3v) is 2.25. The summed E-state index contributed by atoms with van der Waals surface area (Å²) >= 11 is 0. The summed E-state index contributed by atoms with van der Waals surface area (Å²) in [7, 11) is 0. The van der Waals surface area contributed by atoms with Gasteiger partial charge in [0.15, 0.2) is 0 Å². The smallest absolute Gasteiger partial charge is 0.222 e. The number of fused-ring (bicyclic) bond motifs is 1.